The van der Waals surface area contributed by atoms with Crippen molar-refractivity contribution in [2.45, 2.75) is 126 Å². The van der Waals surface area contributed by atoms with Gasteiger partial charge in [-0.1, -0.05) is 79.6 Å². The minimum atomic E-state index is -5.13. The normalized spacial score (nSPS) is 21.4. The van der Waals surface area contributed by atoms with Gasteiger partial charge in [0, 0.05) is 61.9 Å². The SMILES string of the molecule is Cn1c(=O)n(C2CCC(=O)NC2=O)c2ccc(CC3CCC(CCC(=O)N4CC[C@H]5CC[C@@H](C(=O)NC(CCC(N)=O)C(=O)NC(c6ccccc6)c6ccccc6)N5C(=O)[C@@H](NC(=O)c5cc6cc(C(=O)P(=O)(O)O)ccc6[nH]5)C4)CC3)cc21. The molecule has 85 heavy (non-hydrogen) atoms. The van der Waals surface area contributed by atoms with Crippen molar-refractivity contribution in [2.24, 2.45) is 24.6 Å². The highest BCUT2D eigenvalue weighted by Crippen LogP contribution is 2.40. The predicted octanol–water partition coefficient (Wildman–Crippen LogP) is 4.29. The number of primary amides is 1. The van der Waals surface area contributed by atoms with Crippen LogP contribution < -0.4 is 32.7 Å². The van der Waals surface area contributed by atoms with Crippen molar-refractivity contribution in [1.82, 2.24) is 45.2 Å². The number of fused-ring (bicyclic) bond motifs is 3. The van der Waals surface area contributed by atoms with E-state index < -0.39 is 84.8 Å². The number of amides is 8. The van der Waals surface area contributed by atoms with E-state index in [0.29, 0.717) is 41.7 Å². The number of nitrogens with zero attached hydrogens (tertiary/aromatic N) is 4. The third-order valence-corrected chi connectivity index (χ3v) is 18.1. The quantitative estimate of drug-likeness (QED) is 0.0415. The summed E-state index contributed by atoms with van der Waals surface area (Å²) in [5, 5.41) is 11.3. The number of carbonyl (C=O) groups is 9. The number of imide groups is 1. The molecular weight excluding hydrogens is 1110 g/mol. The second-order valence-electron chi connectivity index (χ2n) is 22.9. The Morgan fingerprint density at radius 3 is 2.13 bits per heavy atom. The van der Waals surface area contributed by atoms with Gasteiger partial charge < -0.3 is 46.3 Å². The summed E-state index contributed by atoms with van der Waals surface area (Å²) in [5.74, 6) is -3.80. The first-order valence-corrected chi connectivity index (χ1v) is 30.5. The summed E-state index contributed by atoms with van der Waals surface area (Å²) < 4.78 is 14.8. The van der Waals surface area contributed by atoms with Crippen molar-refractivity contribution < 1.29 is 57.5 Å². The maximum atomic E-state index is 15.2. The lowest BCUT2D eigenvalue weighted by Gasteiger charge is -2.39. The molecule has 5 heterocycles. The van der Waals surface area contributed by atoms with Crippen LogP contribution in [-0.4, -0.2) is 124 Å². The lowest BCUT2D eigenvalue weighted by Crippen LogP contribution is -2.62. The molecule has 0 bridgehead atoms. The van der Waals surface area contributed by atoms with E-state index in [-0.39, 0.29) is 91.7 Å². The predicted molar refractivity (Wildman–Crippen MR) is 311 cm³/mol. The summed E-state index contributed by atoms with van der Waals surface area (Å²) in [6, 6.07) is 23.8. The Balaban J connectivity index is 0.826. The average molecular weight is 1180 g/mol. The summed E-state index contributed by atoms with van der Waals surface area (Å²) in [5.41, 5.74) is 7.76. The van der Waals surface area contributed by atoms with Crippen LogP contribution >= 0.6 is 7.60 Å². The van der Waals surface area contributed by atoms with Crippen LogP contribution in [0.2, 0.25) is 0 Å². The largest absolute Gasteiger partial charge is 0.396 e. The molecule has 1 saturated carbocycles. The Labute approximate surface area is 488 Å². The highest BCUT2D eigenvalue weighted by Gasteiger charge is 2.46. The molecule has 10 rings (SSSR count). The summed E-state index contributed by atoms with van der Waals surface area (Å²) in [7, 11) is -3.46. The van der Waals surface area contributed by atoms with E-state index in [1.54, 1.807) is 11.9 Å². The fourth-order valence-corrected chi connectivity index (χ4v) is 13.3. The van der Waals surface area contributed by atoms with Crippen molar-refractivity contribution in [3.8, 4) is 0 Å². The number of piperidine rings is 1. The first kappa shape index (κ1) is 59.6. The first-order valence-electron chi connectivity index (χ1n) is 28.9. The number of hydrogen-bond acceptors (Lipinski definition) is 11. The van der Waals surface area contributed by atoms with E-state index >= 15 is 4.79 Å². The standard InChI is InChI=1S/C61H69N10O13P/c1-68-50-31-37(16-22-47(50)71(61(68)81)49-24-26-52(73)66-58(49)78)30-36-14-12-35(13-15-36)17-27-53(74)69-29-28-42-19-23-48(57(77)64-44(21-25-51(62)72)55(75)67-54(38-8-4-2-5-9-38)39-10-6-3-7-11-39)70(42)59(79)46(34-69)65-56(76)45-33-41-32-40(18-20-43(41)63-45)60(80)85(82,83)84/h2-11,16,18,20,22,31-33,35-36,42,44,46,48-49,54,63H,12-15,17,19,21,23-30,34H2,1H3,(H2,62,72)(H,64,77)(H,65,76)(H,67,75)(H,66,73,78)(H2,82,83,84)/t35?,36?,42-,44?,46+,48+,49?/m1/s1. The van der Waals surface area contributed by atoms with Crippen molar-refractivity contribution in [2.75, 3.05) is 13.1 Å². The number of hydrogen-bond donors (Lipinski definition) is 8. The van der Waals surface area contributed by atoms with Crippen molar-refractivity contribution in [1.29, 1.82) is 0 Å². The van der Waals surface area contributed by atoms with Crippen molar-refractivity contribution in [3.63, 3.8) is 0 Å². The molecule has 3 aliphatic heterocycles. The number of aromatic nitrogens is 3. The van der Waals surface area contributed by atoms with E-state index in [9.17, 15) is 57.5 Å². The van der Waals surface area contributed by atoms with Crippen LogP contribution in [-0.2, 0) is 51.6 Å². The van der Waals surface area contributed by atoms with Crippen molar-refractivity contribution >= 4 is 82.3 Å². The van der Waals surface area contributed by atoms with Gasteiger partial charge in [-0.3, -0.25) is 62.2 Å². The van der Waals surface area contributed by atoms with Crippen LogP contribution in [0.15, 0.2) is 108 Å². The smallest absolute Gasteiger partial charge is 0.370 e. The number of H-pyrrole nitrogens is 1. The third kappa shape index (κ3) is 13.4. The van der Waals surface area contributed by atoms with E-state index in [2.05, 4.69) is 26.3 Å². The second kappa shape index (κ2) is 25.4. The minimum absolute atomic E-state index is 0.0611. The zero-order valence-electron chi connectivity index (χ0n) is 46.9. The molecule has 23 nitrogen and oxygen atoms in total. The number of nitrogens with one attached hydrogen (secondary N) is 5. The van der Waals surface area contributed by atoms with Gasteiger partial charge in [0.1, 0.15) is 29.9 Å². The van der Waals surface area contributed by atoms with Crippen LogP contribution in [0, 0.1) is 11.8 Å². The van der Waals surface area contributed by atoms with Gasteiger partial charge in [-0.2, -0.15) is 0 Å². The minimum Gasteiger partial charge on any atom is -0.370 e. The number of carbonyl (C=O) groups excluding carboxylic acids is 9. The van der Waals surface area contributed by atoms with E-state index in [0.717, 1.165) is 48.8 Å². The first-order chi connectivity index (χ1) is 40.7. The molecule has 2 aromatic heterocycles. The third-order valence-electron chi connectivity index (χ3n) is 17.3. The topological polar surface area (TPSA) is 335 Å². The van der Waals surface area contributed by atoms with Gasteiger partial charge in [0.05, 0.1) is 17.1 Å². The zero-order valence-corrected chi connectivity index (χ0v) is 47.8. The van der Waals surface area contributed by atoms with Gasteiger partial charge in [-0.15, -0.1) is 0 Å². The molecular formula is C61H69N10O13P. The molecule has 4 aliphatic rings. The Morgan fingerprint density at radius 2 is 1.46 bits per heavy atom. The summed E-state index contributed by atoms with van der Waals surface area (Å²) in [6.45, 7) is -0.0495. The lowest BCUT2D eigenvalue weighted by molar-refractivity contribution is -0.145. The molecule has 0 spiro atoms. The summed E-state index contributed by atoms with van der Waals surface area (Å²) >= 11 is 0. The molecule has 8 amide bonds. The monoisotopic (exact) mass is 1180 g/mol. The molecule has 1 aliphatic carbocycles. The van der Waals surface area contributed by atoms with E-state index in [4.69, 9.17) is 5.73 Å². The van der Waals surface area contributed by atoms with Crippen molar-refractivity contribution in [3.05, 3.63) is 142 Å². The molecule has 9 N–H and O–H groups in total. The molecule has 4 aromatic carbocycles. The number of benzene rings is 4. The molecule has 5 atom stereocenters. The molecule has 0 radical (unpaired) electrons. The fraction of sp³-hybridized carbons (Fsp3) is 0.410. The van der Waals surface area contributed by atoms with E-state index in [1.165, 1.54) is 38.3 Å². The van der Waals surface area contributed by atoms with Gasteiger partial charge in [-0.25, -0.2) is 4.79 Å². The fourth-order valence-electron chi connectivity index (χ4n) is 12.8. The maximum Gasteiger partial charge on any atom is 0.396 e. The van der Waals surface area contributed by atoms with Gasteiger partial charge in [0.15, 0.2) is 0 Å². The molecule has 2 unspecified atom stereocenters. The molecule has 3 saturated heterocycles. The maximum absolute atomic E-state index is 15.2. The molecule has 6 aromatic rings. The van der Waals surface area contributed by atoms with Gasteiger partial charge in [0.25, 0.3) is 11.4 Å². The number of aryl methyl sites for hydroxylation is 1. The van der Waals surface area contributed by atoms with Gasteiger partial charge >= 0.3 is 13.3 Å². The van der Waals surface area contributed by atoms with Crippen LogP contribution in [0.1, 0.15) is 133 Å². The Bertz CT molecular complexity index is 3660. The number of rotatable bonds is 19. The highest BCUT2D eigenvalue weighted by atomic mass is 31.2. The zero-order chi connectivity index (χ0) is 60.3. The average Bonchev–Trinajstić information content (AvgIpc) is 2.84. The van der Waals surface area contributed by atoms with Crippen LogP contribution in [0.4, 0.5) is 0 Å². The molecule has 446 valence electrons. The number of imidazole rings is 1. The Morgan fingerprint density at radius 1 is 0.765 bits per heavy atom. The molecule has 4 fully saturated rings. The second-order valence-corrected chi connectivity index (χ2v) is 24.4. The summed E-state index contributed by atoms with van der Waals surface area (Å²) in [6.07, 6.45) is 6.02. The lowest BCUT2D eigenvalue weighted by atomic mass is 9.77. The Hall–Kier alpha value is -8.53. The number of aromatic amines is 1. The highest BCUT2D eigenvalue weighted by molar-refractivity contribution is 7.70. The van der Waals surface area contributed by atoms with Crippen LogP contribution in [0.5, 0.6) is 0 Å². The van der Waals surface area contributed by atoms with Gasteiger partial charge in [-0.05, 0) is 123 Å². The van der Waals surface area contributed by atoms with Crippen LogP contribution in [0.3, 0.4) is 0 Å². The molecule has 24 heteroatoms. The Kier molecular flexibility index (Phi) is 17.8. The number of nitrogens with two attached hydrogens (primary N) is 1. The van der Waals surface area contributed by atoms with Crippen LogP contribution in [0.25, 0.3) is 21.9 Å². The summed E-state index contributed by atoms with van der Waals surface area (Å²) in [4.78, 5) is 160. The van der Waals surface area contributed by atoms with E-state index in [1.807, 2.05) is 78.9 Å². The van der Waals surface area contributed by atoms with Gasteiger partial charge in [0.2, 0.25) is 41.4 Å².